The van der Waals surface area contributed by atoms with E-state index in [4.69, 9.17) is 0 Å². The molecule has 0 atom stereocenters. The first-order valence-electron chi connectivity index (χ1n) is 6.83. The van der Waals surface area contributed by atoms with Crippen LogP contribution in [0.2, 0.25) is 0 Å². The van der Waals surface area contributed by atoms with E-state index in [2.05, 4.69) is 15.3 Å². The smallest absolute Gasteiger partial charge is 0.290 e. The van der Waals surface area contributed by atoms with Crippen molar-refractivity contribution in [2.45, 2.75) is 0 Å². The largest absolute Gasteiger partial charge is 0.299 e. The Morgan fingerprint density at radius 2 is 2.09 bits per heavy atom. The number of rotatable bonds is 2. The van der Waals surface area contributed by atoms with Gasteiger partial charge in [0.15, 0.2) is 0 Å². The van der Waals surface area contributed by atoms with Crippen molar-refractivity contribution in [3.8, 4) is 11.3 Å². The molecule has 1 N–H and O–H groups in total. The number of imidazole rings is 1. The molecule has 4 rings (SSSR count). The predicted molar refractivity (Wildman–Crippen MR) is 87.5 cm³/mol. The van der Waals surface area contributed by atoms with Gasteiger partial charge in [-0.15, -0.1) is 0 Å². The Morgan fingerprint density at radius 3 is 2.83 bits per heavy atom. The molecule has 0 radical (unpaired) electrons. The molecule has 1 fully saturated rings. The molecule has 4 heterocycles. The zero-order chi connectivity index (χ0) is 15.8. The SMILES string of the molecule is O=C1NC(=O)/C(=C/c2ccc3ncc(-c4cccnc4)n3c2)S1. The molecule has 0 aromatic carbocycles. The van der Waals surface area contributed by atoms with E-state index in [1.807, 2.05) is 34.9 Å². The van der Waals surface area contributed by atoms with E-state index >= 15 is 0 Å². The number of imide groups is 1. The van der Waals surface area contributed by atoms with E-state index in [0.29, 0.717) is 4.91 Å². The van der Waals surface area contributed by atoms with Crippen LogP contribution in [0.25, 0.3) is 23.0 Å². The lowest BCUT2D eigenvalue weighted by atomic mass is 10.2. The molecule has 1 aliphatic rings. The quantitative estimate of drug-likeness (QED) is 0.734. The highest BCUT2D eigenvalue weighted by molar-refractivity contribution is 8.18. The molecule has 6 nitrogen and oxygen atoms in total. The highest BCUT2D eigenvalue weighted by Gasteiger charge is 2.24. The Labute approximate surface area is 135 Å². The van der Waals surface area contributed by atoms with Gasteiger partial charge in [0, 0.05) is 24.2 Å². The summed E-state index contributed by atoms with van der Waals surface area (Å²) in [5.74, 6) is -0.363. The molecule has 112 valence electrons. The molecule has 1 saturated heterocycles. The van der Waals surface area contributed by atoms with E-state index in [9.17, 15) is 9.59 Å². The van der Waals surface area contributed by atoms with Crippen LogP contribution in [0.5, 0.6) is 0 Å². The molecule has 1 aliphatic heterocycles. The zero-order valence-electron chi connectivity index (χ0n) is 11.8. The topological polar surface area (TPSA) is 76.4 Å². The molecular weight excluding hydrogens is 312 g/mol. The minimum atomic E-state index is -0.363. The lowest BCUT2D eigenvalue weighted by Crippen LogP contribution is -2.17. The van der Waals surface area contributed by atoms with Crippen molar-refractivity contribution in [1.29, 1.82) is 0 Å². The second-order valence-electron chi connectivity index (χ2n) is 4.93. The number of carbonyl (C=O) groups is 2. The number of nitrogens with one attached hydrogen (secondary N) is 1. The third kappa shape index (κ3) is 2.51. The molecule has 23 heavy (non-hydrogen) atoms. The molecule has 0 aliphatic carbocycles. The number of hydrogen-bond donors (Lipinski definition) is 1. The number of hydrogen-bond acceptors (Lipinski definition) is 5. The van der Waals surface area contributed by atoms with Crippen LogP contribution in [-0.2, 0) is 4.79 Å². The Balaban J connectivity index is 1.80. The standard InChI is InChI=1S/C16H10N4O2S/c21-15-13(23-16(22)19-15)6-10-3-4-14-18-8-12(20(14)9-10)11-2-1-5-17-7-11/h1-9H,(H,19,21,22)/b13-6-. The van der Waals surface area contributed by atoms with E-state index in [1.54, 1.807) is 24.7 Å². The fraction of sp³-hybridized carbons (Fsp3) is 0. The third-order valence-corrected chi connectivity index (χ3v) is 4.24. The number of pyridine rings is 2. The van der Waals surface area contributed by atoms with E-state index in [-0.39, 0.29) is 11.1 Å². The fourth-order valence-electron chi connectivity index (χ4n) is 2.38. The molecular formula is C16H10N4O2S. The van der Waals surface area contributed by atoms with Crippen molar-refractivity contribution in [2.75, 3.05) is 0 Å². The number of fused-ring (bicyclic) bond motifs is 1. The van der Waals surface area contributed by atoms with Gasteiger partial charge in [0.1, 0.15) is 5.65 Å². The van der Waals surface area contributed by atoms with Gasteiger partial charge in [0.05, 0.1) is 16.8 Å². The average molecular weight is 322 g/mol. The summed E-state index contributed by atoms with van der Waals surface area (Å²) in [6, 6.07) is 7.55. The van der Waals surface area contributed by atoms with Gasteiger partial charge >= 0.3 is 0 Å². The summed E-state index contributed by atoms with van der Waals surface area (Å²) in [5, 5.41) is 1.90. The first-order valence-corrected chi connectivity index (χ1v) is 7.65. The normalized spacial score (nSPS) is 16.3. The Bertz CT molecular complexity index is 963. The molecule has 3 aromatic rings. The first-order chi connectivity index (χ1) is 11.2. The molecule has 2 amide bonds. The molecule has 3 aromatic heterocycles. The number of amides is 2. The minimum absolute atomic E-state index is 0.346. The van der Waals surface area contributed by atoms with Crippen molar-refractivity contribution in [1.82, 2.24) is 19.7 Å². The summed E-state index contributed by atoms with van der Waals surface area (Å²) in [4.78, 5) is 31.8. The van der Waals surface area contributed by atoms with Crippen LogP contribution in [0.15, 0.2) is 54.0 Å². The molecule has 0 bridgehead atoms. The average Bonchev–Trinajstić information content (AvgIpc) is 3.11. The van der Waals surface area contributed by atoms with Gasteiger partial charge in [0.2, 0.25) is 0 Å². The fourth-order valence-corrected chi connectivity index (χ4v) is 3.06. The van der Waals surface area contributed by atoms with Gasteiger partial charge in [-0.1, -0.05) is 0 Å². The number of thioether (sulfide) groups is 1. The van der Waals surface area contributed by atoms with Crippen LogP contribution >= 0.6 is 11.8 Å². The van der Waals surface area contributed by atoms with Crippen molar-refractivity contribution >= 4 is 34.6 Å². The van der Waals surface area contributed by atoms with Crippen LogP contribution in [0.1, 0.15) is 5.56 Å². The van der Waals surface area contributed by atoms with Crippen molar-refractivity contribution in [3.05, 3.63) is 59.5 Å². The van der Waals surface area contributed by atoms with Gasteiger partial charge in [-0.25, -0.2) is 4.98 Å². The van der Waals surface area contributed by atoms with E-state index in [0.717, 1.165) is 34.2 Å². The van der Waals surface area contributed by atoms with Crippen LogP contribution in [0.4, 0.5) is 4.79 Å². The summed E-state index contributed by atoms with van der Waals surface area (Å²) in [6.07, 6.45) is 8.85. The lowest BCUT2D eigenvalue weighted by Gasteiger charge is -2.03. The van der Waals surface area contributed by atoms with Crippen molar-refractivity contribution in [3.63, 3.8) is 0 Å². The third-order valence-electron chi connectivity index (χ3n) is 3.43. The Kier molecular flexibility index (Phi) is 3.20. The number of nitrogens with zero attached hydrogens (tertiary/aromatic N) is 3. The number of carbonyl (C=O) groups excluding carboxylic acids is 2. The summed E-state index contributed by atoms with van der Waals surface area (Å²) in [7, 11) is 0. The molecule has 7 heteroatoms. The van der Waals surface area contributed by atoms with E-state index in [1.165, 1.54) is 0 Å². The first kappa shape index (κ1) is 13.7. The molecule has 0 spiro atoms. The summed E-state index contributed by atoms with van der Waals surface area (Å²) in [5.41, 5.74) is 3.47. The summed E-state index contributed by atoms with van der Waals surface area (Å²) >= 11 is 0.903. The highest BCUT2D eigenvalue weighted by atomic mass is 32.2. The van der Waals surface area contributed by atoms with Crippen molar-refractivity contribution in [2.24, 2.45) is 0 Å². The Hall–Kier alpha value is -2.93. The maximum atomic E-state index is 11.6. The summed E-state index contributed by atoms with van der Waals surface area (Å²) < 4.78 is 1.93. The van der Waals surface area contributed by atoms with Gasteiger partial charge in [-0.3, -0.25) is 24.3 Å². The minimum Gasteiger partial charge on any atom is -0.299 e. The lowest BCUT2D eigenvalue weighted by molar-refractivity contribution is -0.115. The van der Waals surface area contributed by atoms with Gasteiger partial charge in [0.25, 0.3) is 11.1 Å². The zero-order valence-corrected chi connectivity index (χ0v) is 12.6. The van der Waals surface area contributed by atoms with E-state index < -0.39 is 0 Å². The molecule has 0 unspecified atom stereocenters. The van der Waals surface area contributed by atoms with Crippen LogP contribution in [0, 0.1) is 0 Å². The van der Waals surface area contributed by atoms with Crippen molar-refractivity contribution < 1.29 is 9.59 Å². The monoisotopic (exact) mass is 322 g/mol. The van der Waals surface area contributed by atoms with Gasteiger partial charge < -0.3 is 0 Å². The van der Waals surface area contributed by atoms with Gasteiger partial charge in [-0.2, -0.15) is 0 Å². The van der Waals surface area contributed by atoms with Crippen LogP contribution in [-0.4, -0.2) is 25.5 Å². The second kappa shape index (κ2) is 5.36. The summed E-state index contributed by atoms with van der Waals surface area (Å²) in [6.45, 7) is 0. The number of aromatic nitrogens is 3. The van der Waals surface area contributed by atoms with Gasteiger partial charge in [-0.05, 0) is 47.7 Å². The molecule has 0 saturated carbocycles. The maximum absolute atomic E-state index is 11.6. The second-order valence-corrected chi connectivity index (χ2v) is 5.94. The maximum Gasteiger partial charge on any atom is 0.290 e. The van der Waals surface area contributed by atoms with Crippen LogP contribution < -0.4 is 5.32 Å². The predicted octanol–water partition coefficient (Wildman–Crippen LogP) is 2.72. The Morgan fingerprint density at radius 1 is 1.17 bits per heavy atom. The van der Waals surface area contributed by atoms with Crippen LogP contribution in [0.3, 0.4) is 0 Å². The highest BCUT2D eigenvalue weighted by Crippen LogP contribution is 2.26.